The predicted molar refractivity (Wildman–Crippen MR) is 127 cm³/mol. The Hall–Kier alpha value is -2.76. The first-order valence-corrected chi connectivity index (χ1v) is 11.6. The molecule has 0 saturated heterocycles. The smallest absolute Gasteiger partial charge is 0.252 e. The van der Waals surface area contributed by atoms with Gasteiger partial charge in [0.25, 0.3) is 5.91 Å². The van der Waals surface area contributed by atoms with Crippen LogP contribution in [-0.2, 0) is 11.2 Å². The number of nitrogens with zero attached hydrogens (tertiary/aromatic N) is 1. The summed E-state index contributed by atoms with van der Waals surface area (Å²) in [6.07, 6.45) is 0.880. The number of rotatable bonds is 6. The lowest BCUT2D eigenvalue weighted by atomic mass is 10.1. The summed E-state index contributed by atoms with van der Waals surface area (Å²) < 4.78 is 0. The molecule has 4 rings (SSSR count). The van der Waals surface area contributed by atoms with Gasteiger partial charge in [0.1, 0.15) is 0 Å². The Balaban J connectivity index is 1.43. The number of carbonyl (C=O) groups excluding carboxylic acids is 2. The van der Waals surface area contributed by atoms with E-state index in [4.69, 9.17) is 11.6 Å². The van der Waals surface area contributed by atoms with Crippen molar-refractivity contribution in [3.8, 4) is 0 Å². The van der Waals surface area contributed by atoms with Gasteiger partial charge in [-0.1, -0.05) is 60.1 Å². The number of hydrogen-bond donors (Lipinski definition) is 1. The molecule has 0 saturated carbocycles. The summed E-state index contributed by atoms with van der Waals surface area (Å²) in [5.41, 5.74) is 3.62. The van der Waals surface area contributed by atoms with Crippen molar-refractivity contribution in [1.82, 2.24) is 5.32 Å². The Morgan fingerprint density at radius 2 is 1.74 bits per heavy atom. The number of carbonyl (C=O) groups is 2. The summed E-state index contributed by atoms with van der Waals surface area (Å²) in [7, 11) is 0. The van der Waals surface area contributed by atoms with Crippen LogP contribution in [0, 0.1) is 0 Å². The maximum atomic E-state index is 13.0. The first-order chi connectivity index (χ1) is 15.0. The summed E-state index contributed by atoms with van der Waals surface area (Å²) >= 11 is 7.66. The Morgan fingerprint density at radius 1 is 1.03 bits per heavy atom. The number of anilines is 1. The van der Waals surface area contributed by atoms with E-state index in [0.29, 0.717) is 17.1 Å². The number of para-hydroxylation sites is 1. The highest BCUT2D eigenvalue weighted by Gasteiger charge is 2.24. The van der Waals surface area contributed by atoms with E-state index in [2.05, 4.69) is 11.4 Å². The minimum atomic E-state index is -0.234. The standard InChI is InChI=1S/C25H23ClN2O2S/c1-17(19-9-3-5-11-21(19)26)27-25(30)20-10-4-7-13-23(20)31-16-24(29)28-15-14-18-8-2-6-12-22(18)28/h2-13,17H,14-16H2,1H3,(H,27,30). The molecule has 1 heterocycles. The molecule has 0 fully saturated rings. The van der Waals surface area contributed by atoms with Crippen molar-refractivity contribution in [2.45, 2.75) is 24.3 Å². The molecule has 6 heteroatoms. The predicted octanol–water partition coefficient (Wildman–Crippen LogP) is 5.51. The van der Waals surface area contributed by atoms with Crippen LogP contribution < -0.4 is 10.2 Å². The van der Waals surface area contributed by atoms with Crippen LogP contribution in [0.15, 0.2) is 77.7 Å². The number of thioether (sulfide) groups is 1. The van der Waals surface area contributed by atoms with Crippen molar-refractivity contribution >= 4 is 40.9 Å². The second kappa shape index (κ2) is 9.58. The quantitative estimate of drug-likeness (QED) is 0.503. The Labute approximate surface area is 191 Å². The molecule has 3 aromatic carbocycles. The van der Waals surface area contributed by atoms with Gasteiger partial charge < -0.3 is 10.2 Å². The van der Waals surface area contributed by atoms with Crippen molar-refractivity contribution < 1.29 is 9.59 Å². The molecule has 0 spiro atoms. The van der Waals surface area contributed by atoms with Crippen molar-refractivity contribution in [1.29, 1.82) is 0 Å². The van der Waals surface area contributed by atoms with E-state index >= 15 is 0 Å². The largest absolute Gasteiger partial charge is 0.345 e. The molecule has 3 aromatic rings. The molecule has 4 nitrogen and oxygen atoms in total. The van der Waals surface area contributed by atoms with Gasteiger partial charge in [-0.2, -0.15) is 0 Å². The van der Waals surface area contributed by atoms with Crippen molar-refractivity contribution in [3.63, 3.8) is 0 Å². The van der Waals surface area contributed by atoms with Gasteiger partial charge in [0.2, 0.25) is 5.91 Å². The Kier molecular flexibility index (Phi) is 6.64. The number of fused-ring (bicyclic) bond motifs is 1. The maximum absolute atomic E-state index is 13.0. The molecule has 1 aliphatic rings. The van der Waals surface area contributed by atoms with Gasteiger partial charge in [0.05, 0.1) is 17.4 Å². The number of halogens is 1. The Morgan fingerprint density at radius 3 is 2.58 bits per heavy atom. The van der Waals surface area contributed by atoms with Crippen molar-refractivity contribution in [2.24, 2.45) is 0 Å². The minimum Gasteiger partial charge on any atom is -0.345 e. The Bertz CT molecular complexity index is 1120. The highest BCUT2D eigenvalue weighted by Crippen LogP contribution is 2.30. The van der Waals surface area contributed by atoms with E-state index in [-0.39, 0.29) is 23.6 Å². The molecule has 0 bridgehead atoms. The number of amides is 2. The van der Waals surface area contributed by atoms with Crippen LogP contribution in [0.5, 0.6) is 0 Å². The summed E-state index contributed by atoms with van der Waals surface area (Å²) in [5, 5.41) is 3.64. The normalized spacial score (nSPS) is 13.5. The monoisotopic (exact) mass is 450 g/mol. The second-order valence-electron chi connectivity index (χ2n) is 7.43. The molecule has 0 aliphatic carbocycles. The maximum Gasteiger partial charge on any atom is 0.252 e. The van der Waals surface area contributed by atoms with E-state index in [1.54, 1.807) is 6.07 Å². The molecule has 1 N–H and O–H groups in total. The van der Waals surface area contributed by atoms with Crippen LogP contribution >= 0.6 is 23.4 Å². The summed E-state index contributed by atoms with van der Waals surface area (Å²) in [6, 6.07) is 22.6. The van der Waals surface area contributed by atoms with Crippen LogP contribution in [0.2, 0.25) is 5.02 Å². The molecule has 158 valence electrons. The zero-order valence-electron chi connectivity index (χ0n) is 17.2. The third-order valence-corrected chi connectivity index (χ3v) is 6.79. The highest BCUT2D eigenvalue weighted by molar-refractivity contribution is 8.00. The zero-order valence-corrected chi connectivity index (χ0v) is 18.7. The summed E-state index contributed by atoms with van der Waals surface area (Å²) in [6.45, 7) is 2.61. The van der Waals surface area contributed by atoms with Gasteiger partial charge in [-0.3, -0.25) is 9.59 Å². The molecular formula is C25H23ClN2O2S. The van der Waals surface area contributed by atoms with Crippen LogP contribution in [0.4, 0.5) is 5.69 Å². The average Bonchev–Trinajstić information content (AvgIpc) is 3.22. The molecule has 31 heavy (non-hydrogen) atoms. The first-order valence-electron chi connectivity index (χ1n) is 10.2. The third-order valence-electron chi connectivity index (χ3n) is 5.39. The van der Waals surface area contributed by atoms with Crippen LogP contribution in [0.25, 0.3) is 0 Å². The van der Waals surface area contributed by atoms with E-state index in [1.807, 2.05) is 72.5 Å². The lowest BCUT2D eigenvalue weighted by molar-refractivity contribution is -0.116. The van der Waals surface area contributed by atoms with Crippen molar-refractivity contribution in [2.75, 3.05) is 17.2 Å². The summed E-state index contributed by atoms with van der Waals surface area (Å²) in [4.78, 5) is 28.4. The van der Waals surface area contributed by atoms with Gasteiger partial charge in [-0.05, 0) is 48.7 Å². The summed E-state index contributed by atoms with van der Waals surface area (Å²) in [5.74, 6) is 0.141. The molecule has 1 atom stereocenters. The molecule has 1 aliphatic heterocycles. The van der Waals surface area contributed by atoms with Gasteiger partial charge >= 0.3 is 0 Å². The minimum absolute atomic E-state index is 0.0506. The van der Waals surface area contributed by atoms with E-state index in [9.17, 15) is 9.59 Å². The van der Waals surface area contributed by atoms with Gasteiger partial charge in [0, 0.05) is 22.2 Å². The lowest BCUT2D eigenvalue weighted by Crippen LogP contribution is -2.30. The fourth-order valence-corrected chi connectivity index (χ4v) is 5.00. The number of hydrogen-bond acceptors (Lipinski definition) is 3. The van der Waals surface area contributed by atoms with Crippen LogP contribution in [0.3, 0.4) is 0 Å². The lowest BCUT2D eigenvalue weighted by Gasteiger charge is -2.18. The molecule has 0 aromatic heterocycles. The number of benzene rings is 3. The van der Waals surface area contributed by atoms with E-state index in [1.165, 1.54) is 17.3 Å². The number of nitrogens with one attached hydrogen (secondary N) is 1. The van der Waals surface area contributed by atoms with Crippen LogP contribution in [0.1, 0.15) is 34.5 Å². The highest BCUT2D eigenvalue weighted by atomic mass is 35.5. The third kappa shape index (κ3) is 4.78. The van der Waals surface area contributed by atoms with Gasteiger partial charge in [0.15, 0.2) is 0 Å². The molecule has 1 unspecified atom stereocenters. The topological polar surface area (TPSA) is 49.4 Å². The molecule has 0 radical (unpaired) electrons. The van der Waals surface area contributed by atoms with Crippen LogP contribution in [-0.4, -0.2) is 24.1 Å². The fourth-order valence-electron chi connectivity index (χ4n) is 3.77. The SMILES string of the molecule is CC(NC(=O)c1ccccc1SCC(=O)N1CCc2ccccc21)c1ccccc1Cl. The second-order valence-corrected chi connectivity index (χ2v) is 8.85. The van der Waals surface area contributed by atoms with Gasteiger partial charge in [-0.25, -0.2) is 0 Å². The first kappa shape index (κ1) is 21.5. The molecule has 2 amide bonds. The van der Waals surface area contributed by atoms with Gasteiger partial charge in [-0.15, -0.1) is 11.8 Å². The van der Waals surface area contributed by atoms with E-state index < -0.39 is 0 Å². The fraction of sp³-hybridized carbons (Fsp3) is 0.200. The molecular weight excluding hydrogens is 428 g/mol. The zero-order chi connectivity index (χ0) is 21.8. The van der Waals surface area contributed by atoms with Crippen molar-refractivity contribution in [3.05, 3.63) is 94.5 Å². The van der Waals surface area contributed by atoms with E-state index in [0.717, 1.165) is 22.6 Å². The average molecular weight is 451 g/mol.